The summed E-state index contributed by atoms with van der Waals surface area (Å²) in [6.45, 7) is 4.40. The largest absolute Gasteiger partial charge is 0.256 e. The van der Waals surface area contributed by atoms with E-state index in [0.29, 0.717) is 5.82 Å². The topological polar surface area (TPSA) is 51.6 Å². The Morgan fingerprint density at radius 1 is 0.263 bits per heavy atom. The van der Waals surface area contributed by atoms with Crippen LogP contribution in [0.5, 0.6) is 0 Å². The summed E-state index contributed by atoms with van der Waals surface area (Å²) in [6, 6.07) is 80.1. The highest BCUT2D eigenvalue weighted by Gasteiger charge is 2.23. The minimum absolute atomic E-state index is 0.669. The van der Waals surface area contributed by atoms with Crippen molar-refractivity contribution < 1.29 is 0 Å². The molecule has 4 nitrogen and oxygen atoms in total. The summed E-state index contributed by atoms with van der Waals surface area (Å²) < 4.78 is 0. The fourth-order valence-corrected chi connectivity index (χ4v) is 12.8. The van der Waals surface area contributed by atoms with Gasteiger partial charge in [-0.15, -0.1) is 0 Å². The van der Waals surface area contributed by atoms with Crippen molar-refractivity contribution >= 4 is 97.3 Å². The van der Waals surface area contributed by atoms with Gasteiger partial charge in [0.25, 0.3) is 0 Å². The Morgan fingerprint density at radius 3 is 1.29 bits per heavy atom. The van der Waals surface area contributed by atoms with E-state index in [1.165, 1.54) is 70.2 Å². The summed E-state index contributed by atoms with van der Waals surface area (Å²) in [5, 5.41) is 18.2. The van der Waals surface area contributed by atoms with Gasteiger partial charge >= 0.3 is 0 Å². The molecule has 13 aromatic carbocycles. The molecule has 0 spiro atoms. The second-order valence-electron chi connectivity index (χ2n) is 20.6. The second kappa shape index (κ2) is 16.3. The molecule has 3 heterocycles. The molecular formula is C72H44N4. The molecule has 0 unspecified atom stereocenters. The van der Waals surface area contributed by atoms with Crippen LogP contribution in [-0.2, 0) is 0 Å². The van der Waals surface area contributed by atoms with E-state index >= 15 is 0 Å². The van der Waals surface area contributed by atoms with Crippen molar-refractivity contribution in [2.24, 2.45) is 0 Å². The average molecular weight is 965 g/mol. The molecule has 76 heavy (non-hydrogen) atoms. The van der Waals surface area contributed by atoms with Gasteiger partial charge in [0.2, 0.25) is 0 Å². The molecule has 0 aliphatic carbocycles. The number of para-hydroxylation sites is 2. The molecule has 0 N–H and O–H groups in total. The van der Waals surface area contributed by atoms with Gasteiger partial charge in [0.15, 0.2) is 5.82 Å². The number of benzene rings is 13. The highest BCUT2D eigenvalue weighted by atomic mass is 14.9. The zero-order valence-corrected chi connectivity index (χ0v) is 41.7. The normalized spacial score (nSPS) is 12.1. The van der Waals surface area contributed by atoms with E-state index in [9.17, 15) is 0 Å². The fourth-order valence-electron chi connectivity index (χ4n) is 12.8. The summed E-state index contributed by atoms with van der Waals surface area (Å²) in [5.74, 6) is 0.669. The molecule has 0 aliphatic heterocycles. The van der Waals surface area contributed by atoms with Crippen LogP contribution in [0.4, 0.5) is 0 Å². The number of hydrogen-bond donors (Lipinski definition) is 0. The number of aromatic nitrogens is 4. The highest BCUT2D eigenvalue weighted by molar-refractivity contribution is 6.28. The molecule has 0 fully saturated rings. The third-order valence-electron chi connectivity index (χ3n) is 16.3. The summed E-state index contributed by atoms with van der Waals surface area (Å²) >= 11 is 0. The molecule has 16 rings (SSSR count). The minimum Gasteiger partial charge on any atom is -0.256 e. The molecule has 0 radical (unpaired) electrons. The molecule has 0 aliphatic rings. The zero-order valence-electron chi connectivity index (χ0n) is 41.7. The Kier molecular flexibility index (Phi) is 9.13. The molecular weight excluding hydrogens is 921 g/mol. The van der Waals surface area contributed by atoms with Crippen LogP contribution < -0.4 is 0 Å². The van der Waals surface area contributed by atoms with Gasteiger partial charge in [-0.3, -0.25) is 9.97 Å². The van der Waals surface area contributed by atoms with Crippen LogP contribution in [0.2, 0.25) is 0 Å². The maximum Gasteiger partial charge on any atom is 0.160 e. The van der Waals surface area contributed by atoms with Gasteiger partial charge < -0.3 is 0 Å². The predicted octanol–water partition coefficient (Wildman–Crippen LogP) is 19.1. The van der Waals surface area contributed by atoms with Gasteiger partial charge in [-0.25, -0.2) is 9.97 Å². The molecule has 3 aromatic heterocycles. The van der Waals surface area contributed by atoms with Crippen LogP contribution in [0, 0.1) is 13.8 Å². The summed E-state index contributed by atoms with van der Waals surface area (Å²) in [7, 11) is 0. The second-order valence-corrected chi connectivity index (χ2v) is 20.6. The number of nitrogens with zero attached hydrogens (tertiary/aromatic N) is 4. The average Bonchev–Trinajstić information content (AvgIpc) is 3.57. The lowest BCUT2D eigenvalue weighted by Crippen LogP contribution is -2.00. The van der Waals surface area contributed by atoms with Crippen LogP contribution in [0.3, 0.4) is 0 Å². The Labute approximate surface area is 437 Å². The minimum atomic E-state index is 0.669. The van der Waals surface area contributed by atoms with Gasteiger partial charge in [-0.1, -0.05) is 182 Å². The molecule has 4 heteroatoms. The summed E-state index contributed by atoms with van der Waals surface area (Å²) in [6.07, 6.45) is 3.76. The first-order valence-electron chi connectivity index (χ1n) is 26.1. The standard InChI is InChI=1S/C72H44N4/c1-41-37-51(27-29-54(41)60-17-5-13-49-15-7-35-73-68(49)60)70-63-40-53(56-31-23-47-21-19-43-9-3-11-45-25-33-58(56)66(47)64(43)45)39-62(57-32-24-48-22-20-44-10-4-12-46-26-34-59(57)67(48)65(44)46)71(63)76-72(75-70)52-28-30-55(42(2)38-52)61-18-6-14-50-16-8-36-74-69(50)61/h3-40H,1-2H3. The van der Waals surface area contributed by atoms with E-state index in [4.69, 9.17) is 19.9 Å². The van der Waals surface area contributed by atoms with Gasteiger partial charge in [-0.05, 0) is 154 Å². The van der Waals surface area contributed by atoms with Crippen molar-refractivity contribution in [1.29, 1.82) is 0 Å². The third-order valence-corrected chi connectivity index (χ3v) is 16.3. The number of rotatable bonds is 6. The van der Waals surface area contributed by atoms with Crippen molar-refractivity contribution in [2.45, 2.75) is 13.8 Å². The smallest absolute Gasteiger partial charge is 0.160 e. The number of pyridine rings is 2. The van der Waals surface area contributed by atoms with Gasteiger partial charge in [0.05, 0.1) is 22.2 Å². The monoisotopic (exact) mass is 964 g/mol. The number of fused-ring (bicyclic) bond motifs is 3. The van der Waals surface area contributed by atoms with Crippen LogP contribution in [0.25, 0.3) is 164 Å². The van der Waals surface area contributed by atoms with Gasteiger partial charge in [0, 0.05) is 56.4 Å². The fraction of sp³-hybridized carbons (Fsp3) is 0.0278. The molecule has 0 bridgehead atoms. The molecule has 0 amide bonds. The lowest BCUT2D eigenvalue weighted by molar-refractivity contribution is 1.22. The molecule has 0 atom stereocenters. The summed E-state index contributed by atoms with van der Waals surface area (Å²) in [5.41, 5.74) is 17.0. The van der Waals surface area contributed by atoms with Crippen molar-refractivity contribution in [2.75, 3.05) is 0 Å². The quantitative estimate of drug-likeness (QED) is 0.156. The van der Waals surface area contributed by atoms with Crippen molar-refractivity contribution in [3.05, 3.63) is 242 Å². The van der Waals surface area contributed by atoms with Crippen LogP contribution in [0.1, 0.15) is 11.1 Å². The van der Waals surface area contributed by atoms with E-state index < -0.39 is 0 Å². The maximum atomic E-state index is 5.76. The third kappa shape index (κ3) is 6.37. The Morgan fingerprint density at radius 2 is 0.711 bits per heavy atom. The predicted molar refractivity (Wildman–Crippen MR) is 320 cm³/mol. The molecule has 16 aromatic rings. The Hall–Kier alpha value is -9.90. The van der Waals surface area contributed by atoms with E-state index in [1.54, 1.807) is 0 Å². The van der Waals surface area contributed by atoms with E-state index in [-0.39, 0.29) is 0 Å². The number of hydrogen-bond acceptors (Lipinski definition) is 4. The number of aryl methyl sites for hydroxylation is 2. The van der Waals surface area contributed by atoms with Crippen LogP contribution in [-0.4, -0.2) is 19.9 Å². The first-order valence-corrected chi connectivity index (χ1v) is 26.1. The lowest BCUT2D eigenvalue weighted by atomic mass is 9.86. The molecule has 0 saturated carbocycles. The van der Waals surface area contributed by atoms with Gasteiger partial charge in [0.1, 0.15) is 0 Å². The Bertz CT molecular complexity index is 5050. The molecule has 0 saturated heterocycles. The zero-order chi connectivity index (χ0) is 50.2. The first kappa shape index (κ1) is 42.6. The van der Waals surface area contributed by atoms with Crippen LogP contribution in [0.15, 0.2) is 231 Å². The first-order chi connectivity index (χ1) is 37.5. The SMILES string of the molecule is Cc1cc(-c2nc(-c3ccc(-c4cccc5cccnc45)c(C)c3)c3cc(-c4ccc5ccc6cccc7ccc4c5c67)cc(-c4ccc5ccc6cccc7ccc4c5c67)c3n2)ccc1-c1cccc2cccnc12. The highest BCUT2D eigenvalue weighted by Crippen LogP contribution is 2.47. The van der Waals surface area contributed by atoms with Crippen molar-refractivity contribution in [1.82, 2.24) is 19.9 Å². The Balaban J connectivity index is 1.00. The molecule has 352 valence electrons. The van der Waals surface area contributed by atoms with Crippen molar-refractivity contribution in [3.8, 4) is 67.2 Å². The maximum absolute atomic E-state index is 5.76. The van der Waals surface area contributed by atoms with E-state index in [1.807, 2.05) is 24.5 Å². The lowest BCUT2D eigenvalue weighted by Gasteiger charge is -2.20. The summed E-state index contributed by atoms with van der Waals surface area (Å²) in [4.78, 5) is 21.2. The van der Waals surface area contributed by atoms with E-state index in [0.717, 1.165) is 99.6 Å². The van der Waals surface area contributed by atoms with E-state index in [2.05, 4.69) is 220 Å². The van der Waals surface area contributed by atoms with Crippen LogP contribution >= 0.6 is 0 Å². The van der Waals surface area contributed by atoms with Gasteiger partial charge in [-0.2, -0.15) is 0 Å². The van der Waals surface area contributed by atoms with Crippen molar-refractivity contribution in [3.63, 3.8) is 0 Å².